The van der Waals surface area contributed by atoms with E-state index in [0.717, 1.165) is 12.8 Å². The zero-order valence-corrected chi connectivity index (χ0v) is 13.1. The largest absolute Gasteiger partial charge is 0.508 e. The molecule has 0 fully saturated rings. The molecular formula is C18H28O. The molecule has 1 aliphatic rings. The normalized spacial score (nSPS) is 17.4. The van der Waals surface area contributed by atoms with Crippen LogP contribution in [0.3, 0.4) is 0 Å². The molecule has 1 unspecified atom stereocenters. The van der Waals surface area contributed by atoms with Crippen LogP contribution in [-0.2, 0) is 12.8 Å². The van der Waals surface area contributed by atoms with E-state index < -0.39 is 0 Å². The molecule has 1 aliphatic carbocycles. The Morgan fingerprint density at radius 2 is 1.58 bits per heavy atom. The van der Waals surface area contributed by atoms with Gasteiger partial charge in [-0.2, -0.15) is 0 Å². The molecule has 0 amide bonds. The molecule has 1 N–H and O–H groups in total. The summed E-state index contributed by atoms with van der Waals surface area (Å²) in [6.07, 6.45) is 4.66. The van der Waals surface area contributed by atoms with Crippen LogP contribution in [0.4, 0.5) is 0 Å². The lowest BCUT2D eigenvalue weighted by Crippen LogP contribution is -2.25. The second-order valence-electron chi connectivity index (χ2n) is 7.43. The van der Waals surface area contributed by atoms with E-state index in [1.807, 2.05) is 6.07 Å². The van der Waals surface area contributed by atoms with Gasteiger partial charge in [0.1, 0.15) is 5.75 Å². The average molecular weight is 260 g/mol. The predicted octanol–water partition coefficient (Wildman–Crippen LogP) is 5.06. The van der Waals surface area contributed by atoms with Gasteiger partial charge < -0.3 is 5.11 Å². The summed E-state index contributed by atoms with van der Waals surface area (Å²) in [5, 5.41) is 10.1. The van der Waals surface area contributed by atoms with Gasteiger partial charge in [0, 0.05) is 0 Å². The number of hydrogen-bond acceptors (Lipinski definition) is 1. The van der Waals surface area contributed by atoms with Crippen LogP contribution in [0.1, 0.15) is 70.1 Å². The molecule has 1 atom stereocenters. The third kappa shape index (κ3) is 2.80. The Morgan fingerprint density at radius 3 is 2.11 bits per heavy atom. The number of rotatable bonds is 2. The molecule has 0 aromatic heterocycles. The van der Waals surface area contributed by atoms with Gasteiger partial charge in [-0.15, -0.1) is 0 Å². The van der Waals surface area contributed by atoms with Gasteiger partial charge in [-0.05, 0) is 65.7 Å². The topological polar surface area (TPSA) is 20.2 Å². The van der Waals surface area contributed by atoms with Crippen molar-refractivity contribution in [3.8, 4) is 5.75 Å². The van der Waals surface area contributed by atoms with E-state index in [1.165, 1.54) is 29.5 Å². The van der Waals surface area contributed by atoms with E-state index in [1.54, 1.807) is 0 Å². The van der Waals surface area contributed by atoms with Gasteiger partial charge in [0.25, 0.3) is 0 Å². The summed E-state index contributed by atoms with van der Waals surface area (Å²) in [5.41, 5.74) is 4.41. The van der Waals surface area contributed by atoms with Crippen LogP contribution < -0.4 is 0 Å². The lowest BCUT2D eigenvalue weighted by molar-refractivity contribution is 0.256. The number of fused-ring (bicyclic) bond motifs is 1. The molecule has 106 valence electrons. The average Bonchev–Trinajstić information content (AvgIpc) is 2.31. The lowest BCUT2D eigenvalue weighted by Gasteiger charge is -2.37. The van der Waals surface area contributed by atoms with E-state index in [2.05, 4.69) is 40.7 Å². The Labute approximate surface area is 118 Å². The van der Waals surface area contributed by atoms with Crippen LogP contribution in [0.2, 0.25) is 0 Å². The predicted molar refractivity (Wildman–Crippen MR) is 81.8 cm³/mol. The molecule has 0 bridgehead atoms. The zero-order chi connectivity index (χ0) is 14.2. The minimum atomic E-state index is 0.260. The van der Waals surface area contributed by atoms with Crippen molar-refractivity contribution in [2.75, 3.05) is 0 Å². The Bertz CT molecular complexity index is 451. The minimum Gasteiger partial charge on any atom is -0.508 e. The first-order valence-corrected chi connectivity index (χ1v) is 7.66. The quantitative estimate of drug-likeness (QED) is 0.788. The van der Waals surface area contributed by atoms with E-state index in [0.29, 0.717) is 17.6 Å². The summed E-state index contributed by atoms with van der Waals surface area (Å²) < 4.78 is 0. The highest BCUT2D eigenvalue weighted by Gasteiger charge is 2.32. The molecule has 1 heteroatoms. The molecule has 1 nitrogen and oxygen atoms in total. The third-order valence-corrected chi connectivity index (χ3v) is 4.48. The van der Waals surface area contributed by atoms with Crippen LogP contribution in [0.5, 0.6) is 5.75 Å². The van der Waals surface area contributed by atoms with Gasteiger partial charge >= 0.3 is 0 Å². The summed E-state index contributed by atoms with van der Waals surface area (Å²) in [6, 6.07) is 4.09. The lowest BCUT2D eigenvalue weighted by atomic mass is 9.68. The number of hydrogen-bond donors (Lipinski definition) is 1. The number of benzene rings is 1. The van der Waals surface area contributed by atoms with Crippen molar-refractivity contribution in [1.82, 2.24) is 0 Å². The summed E-state index contributed by atoms with van der Waals surface area (Å²) in [5.74, 6) is 1.69. The van der Waals surface area contributed by atoms with Crippen molar-refractivity contribution in [2.45, 2.75) is 66.2 Å². The summed E-state index contributed by atoms with van der Waals surface area (Å²) in [6.45, 7) is 11.6. The van der Waals surface area contributed by atoms with Crippen LogP contribution >= 0.6 is 0 Å². The van der Waals surface area contributed by atoms with Crippen molar-refractivity contribution in [3.05, 3.63) is 28.8 Å². The van der Waals surface area contributed by atoms with E-state index in [-0.39, 0.29) is 5.41 Å². The monoisotopic (exact) mass is 260 g/mol. The summed E-state index contributed by atoms with van der Waals surface area (Å²) >= 11 is 0. The van der Waals surface area contributed by atoms with Gasteiger partial charge in [0.2, 0.25) is 0 Å². The molecule has 0 aliphatic heterocycles. The standard InChI is InChI=1S/C18H28O/c1-12(2)17(18(3,4)5)15-10-11-16(19)14-9-7-6-8-13(14)15/h10-12,17,19H,6-9H2,1-5H3. The molecule has 0 heterocycles. The smallest absolute Gasteiger partial charge is 0.119 e. The molecule has 1 aromatic rings. The first-order valence-electron chi connectivity index (χ1n) is 7.66. The first-order chi connectivity index (χ1) is 8.82. The Kier molecular flexibility index (Phi) is 3.94. The zero-order valence-electron chi connectivity index (χ0n) is 13.1. The number of aromatic hydroxyl groups is 1. The molecular weight excluding hydrogens is 232 g/mol. The van der Waals surface area contributed by atoms with Gasteiger partial charge in [-0.3, -0.25) is 0 Å². The molecule has 0 saturated heterocycles. The summed E-state index contributed by atoms with van der Waals surface area (Å²) in [7, 11) is 0. The van der Waals surface area contributed by atoms with Crippen LogP contribution in [0.25, 0.3) is 0 Å². The fraction of sp³-hybridized carbons (Fsp3) is 0.667. The van der Waals surface area contributed by atoms with Gasteiger partial charge in [-0.25, -0.2) is 0 Å². The maximum atomic E-state index is 10.1. The summed E-state index contributed by atoms with van der Waals surface area (Å²) in [4.78, 5) is 0. The minimum absolute atomic E-state index is 0.260. The fourth-order valence-corrected chi connectivity index (χ4v) is 3.99. The van der Waals surface area contributed by atoms with Crippen molar-refractivity contribution in [3.63, 3.8) is 0 Å². The highest BCUT2D eigenvalue weighted by molar-refractivity contribution is 5.47. The highest BCUT2D eigenvalue weighted by Crippen LogP contribution is 2.45. The molecule has 0 spiro atoms. The van der Waals surface area contributed by atoms with Crippen LogP contribution in [0, 0.1) is 11.3 Å². The maximum absolute atomic E-state index is 10.1. The van der Waals surface area contributed by atoms with Crippen LogP contribution in [0.15, 0.2) is 12.1 Å². The highest BCUT2D eigenvalue weighted by atomic mass is 16.3. The van der Waals surface area contributed by atoms with Gasteiger partial charge in [0.15, 0.2) is 0 Å². The molecule has 0 saturated carbocycles. The third-order valence-electron chi connectivity index (χ3n) is 4.48. The van der Waals surface area contributed by atoms with E-state index >= 15 is 0 Å². The van der Waals surface area contributed by atoms with E-state index in [4.69, 9.17) is 0 Å². The molecule has 2 rings (SSSR count). The van der Waals surface area contributed by atoms with Gasteiger partial charge in [-0.1, -0.05) is 40.7 Å². The molecule has 0 radical (unpaired) electrons. The van der Waals surface area contributed by atoms with Gasteiger partial charge in [0.05, 0.1) is 0 Å². The Balaban J connectivity index is 2.55. The number of phenolic OH excluding ortho intramolecular Hbond substituents is 1. The second kappa shape index (κ2) is 5.19. The maximum Gasteiger partial charge on any atom is 0.119 e. The number of phenols is 1. The van der Waals surface area contributed by atoms with Crippen molar-refractivity contribution in [1.29, 1.82) is 0 Å². The van der Waals surface area contributed by atoms with Crippen molar-refractivity contribution < 1.29 is 5.11 Å². The first kappa shape index (κ1) is 14.4. The Hall–Kier alpha value is -0.980. The van der Waals surface area contributed by atoms with Crippen molar-refractivity contribution in [2.24, 2.45) is 11.3 Å². The van der Waals surface area contributed by atoms with Crippen LogP contribution in [-0.4, -0.2) is 5.11 Å². The fourth-order valence-electron chi connectivity index (χ4n) is 3.99. The SMILES string of the molecule is CC(C)C(c1ccc(O)c2c1CCCC2)C(C)(C)C. The second-order valence-corrected chi connectivity index (χ2v) is 7.43. The van der Waals surface area contributed by atoms with E-state index in [9.17, 15) is 5.11 Å². The molecule has 1 aromatic carbocycles. The van der Waals surface area contributed by atoms with Crippen molar-refractivity contribution >= 4 is 0 Å². The Morgan fingerprint density at radius 1 is 1.00 bits per heavy atom. The molecule has 19 heavy (non-hydrogen) atoms.